The van der Waals surface area contributed by atoms with Crippen molar-refractivity contribution in [2.75, 3.05) is 19.0 Å². The number of rotatable bonds is 6. The van der Waals surface area contributed by atoms with Gasteiger partial charge in [-0.05, 0) is 89.4 Å². The molecule has 0 bridgehead atoms. The van der Waals surface area contributed by atoms with Crippen molar-refractivity contribution in [3.8, 4) is 11.5 Å². The molecule has 0 fully saturated rings. The first-order valence-corrected chi connectivity index (χ1v) is 15.4. The minimum atomic E-state index is -0.479. The van der Waals surface area contributed by atoms with E-state index in [-0.39, 0.29) is 34.9 Å². The number of nitrogens with one attached hydrogen (secondary N) is 2. The maximum absolute atomic E-state index is 13.7. The molecule has 0 atom stereocenters. The fourth-order valence-electron chi connectivity index (χ4n) is 6.55. The zero-order valence-electron chi connectivity index (χ0n) is 25.4. The lowest BCUT2D eigenvalue weighted by atomic mass is 9.64. The summed E-state index contributed by atoms with van der Waals surface area (Å²) in [6.07, 6.45) is 2.33. The van der Waals surface area contributed by atoms with Crippen LogP contribution in [0.4, 0.5) is 5.69 Å². The number of amides is 1. The van der Waals surface area contributed by atoms with Crippen LogP contribution >= 0.6 is 22.6 Å². The van der Waals surface area contributed by atoms with Crippen molar-refractivity contribution < 1.29 is 23.9 Å². The van der Waals surface area contributed by atoms with Crippen LogP contribution in [0.3, 0.4) is 0 Å². The second kappa shape index (κ2) is 11.2. The van der Waals surface area contributed by atoms with Crippen molar-refractivity contribution >= 4 is 45.8 Å². The van der Waals surface area contributed by atoms with Gasteiger partial charge in [-0.2, -0.15) is 0 Å². The number of carbonyl (C=O) groups excluding carboxylic acids is 3. The Morgan fingerprint density at radius 3 is 2.10 bits per heavy atom. The smallest absolute Gasteiger partial charge is 0.262 e. The molecule has 2 aromatic carbocycles. The second-order valence-corrected chi connectivity index (χ2v) is 14.6. The Kier molecular flexibility index (Phi) is 8.06. The van der Waals surface area contributed by atoms with E-state index in [9.17, 15) is 14.4 Å². The predicted molar refractivity (Wildman–Crippen MR) is 172 cm³/mol. The Balaban J connectivity index is 1.49. The number of ketones is 2. The molecule has 2 N–H and O–H groups in total. The number of aryl methyl sites for hydroxylation is 2. The SMILES string of the molecule is COc1cc(C2C3=C(CC(C)(C)CC3=O)NC3=C2C(=O)CC(C)(C)C3)cc(I)c1OCC(=O)Nc1ccc(C)cc1C. The zero-order valence-corrected chi connectivity index (χ0v) is 27.6. The quantitative estimate of drug-likeness (QED) is 0.322. The summed E-state index contributed by atoms with van der Waals surface area (Å²) < 4.78 is 12.5. The third kappa shape index (κ3) is 6.00. The molecule has 1 aliphatic heterocycles. The van der Waals surface area contributed by atoms with E-state index in [0.29, 0.717) is 35.5 Å². The third-order valence-corrected chi connectivity index (χ3v) is 9.11. The molecule has 7 nitrogen and oxygen atoms in total. The number of hydrogen-bond donors (Lipinski definition) is 2. The van der Waals surface area contributed by atoms with Gasteiger partial charge in [-0.15, -0.1) is 0 Å². The summed E-state index contributed by atoms with van der Waals surface area (Å²) in [6, 6.07) is 9.65. The maximum atomic E-state index is 13.7. The molecular formula is C34H39IN2O5. The molecule has 0 aromatic heterocycles. The van der Waals surface area contributed by atoms with Crippen LogP contribution in [-0.4, -0.2) is 31.2 Å². The van der Waals surface area contributed by atoms with E-state index < -0.39 is 5.92 Å². The minimum Gasteiger partial charge on any atom is -0.493 e. The van der Waals surface area contributed by atoms with Gasteiger partial charge in [0.1, 0.15) is 0 Å². The number of Topliss-reactive ketones (excluding diaryl/α,β-unsaturated/α-hetero) is 2. The highest BCUT2D eigenvalue weighted by Gasteiger charge is 2.46. The van der Waals surface area contributed by atoms with Gasteiger partial charge in [0, 0.05) is 47.0 Å². The van der Waals surface area contributed by atoms with Gasteiger partial charge in [-0.1, -0.05) is 45.4 Å². The fraction of sp³-hybridized carbons (Fsp3) is 0.441. The molecule has 0 unspecified atom stereocenters. The largest absolute Gasteiger partial charge is 0.493 e. The molecule has 0 spiro atoms. The number of methoxy groups -OCH3 is 1. The summed E-state index contributed by atoms with van der Waals surface area (Å²) in [4.78, 5) is 40.1. The minimum absolute atomic E-state index is 0.0697. The summed E-state index contributed by atoms with van der Waals surface area (Å²) in [6.45, 7) is 12.2. The highest BCUT2D eigenvalue weighted by atomic mass is 127. The number of dihydropyridines is 1. The molecule has 42 heavy (non-hydrogen) atoms. The van der Waals surface area contributed by atoms with Crippen LogP contribution in [0.5, 0.6) is 11.5 Å². The molecular weight excluding hydrogens is 643 g/mol. The molecule has 1 heterocycles. The molecule has 0 saturated carbocycles. The second-order valence-electron chi connectivity index (χ2n) is 13.4. The number of hydrogen-bond acceptors (Lipinski definition) is 6. The monoisotopic (exact) mass is 682 g/mol. The molecule has 0 saturated heterocycles. The van der Waals surface area contributed by atoms with Crippen molar-refractivity contribution in [1.29, 1.82) is 0 Å². The fourth-order valence-corrected chi connectivity index (χ4v) is 7.33. The molecule has 2 aliphatic carbocycles. The van der Waals surface area contributed by atoms with E-state index in [1.54, 1.807) is 7.11 Å². The Bertz CT molecular complexity index is 1510. The maximum Gasteiger partial charge on any atom is 0.262 e. The van der Waals surface area contributed by atoms with Crippen molar-refractivity contribution in [3.05, 3.63) is 73.1 Å². The van der Waals surface area contributed by atoms with E-state index in [1.807, 2.05) is 44.2 Å². The number of allylic oxidation sites excluding steroid dienone is 4. The lowest BCUT2D eigenvalue weighted by molar-refractivity contribution is -0.119. The summed E-state index contributed by atoms with van der Waals surface area (Å²) in [5.41, 5.74) is 6.52. The Morgan fingerprint density at radius 1 is 0.952 bits per heavy atom. The van der Waals surface area contributed by atoms with Gasteiger partial charge >= 0.3 is 0 Å². The van der Waals surface area contributed by atoms with Gasteiger partial charge in [-0.3, -0.25) is 14.4 Å². The van der Waals surface area contributed by atoms with Gasteiger partial charge in [0.2, 0.25) is 0 Å². The molecule has 1 amide bonds. The third-order valence-electron chi connectivity index (χ3n) is 8.31. The average Bonchev–Trinajstić information content (AvgIpc) is 2.86. The van der Waals surface area contributed by atoms with Gasteiger partial charge < -0.3 is 20.1 Å². The molecule has 0 radical (unpaired) electrons. The average molecular weight is 683 g/mol. The zero-order chi connectivity index (χ0) is 30.6. The normalized spacial score (nSPS) is 19.6. The first-order valence-electron chi connectivity index (χ1n) is 14.3. The Morgan fingerprint density at radius 2 is 1.55 bits per heavy atom. The van der Waals surface area contributed by atoms with E-state index >= 15 is 0 Å². The highest BCUT2D eigenvalue weighted by Crippen LogP contribution is 2.52. The van der Waals surface area contributed by atoms with E-state index in [0.717, 1.165) is 50.2 Å². The Labute approximate surface area is 261 Å². The van der Waals surface area contributed by atoms with Crippen molar-refractivity contribution in [2.24, 2.45) is 10.8 Å². The number of ether oxygens (including phenoxy) is 2. The topological polar surface area (TPSA) is 93.7 Å². The van der Waals surface area contributed by atoms with Crippen LogP contribution in [0.15, 0.2) is 52.9 Å². The van der Waals surface area contributed by atoms with Gasteiger partial charge in [0.05, 0.1) is 10.7 Å². The lowest BCUT2D eigenvalue weighted by Crippen LogP contribution is -2.42. The predicted octanol–water partition coefficient (Wildman–Crippen LogP) is 6.91. The van der Waals surface area contributed by atoms with E-state index in [1.165, 1.54) is 0 Å². The molecule has 2 aromatic rings. The summed E-state index contributed by atoms with van der Waals surface area (Å²) in [5.74, 6) is 0.277. The van der Waals surface area contributed by atoms with Crippen LogP contribution in [0.2, 0.25) is 0 Å². The molecule has 5 rings (SSSR count). The van der Waals surface area contributed by atoms with Crippen LogP contribution in [0, 0.1) is 28.2 Å². The van der Waals surface area contributed by atoms with Crippen LogP contribution in [0.1, 0.15) is 76.0 Å². The van der Waals surface area contributed by atoms with Gasteiger partial charge in [0.15, 0.2) is 29.7 Å². The summed E-state index contributed by atoms with van der Waals surface area (Å²) >= 11 is 2.17. The van der Waals surface area contributed by atoms with Crippen molar-refractivity contribution in [2.45, 2.75) is 73.1 Å². The first kappa shape index (κ1) is 30.3. The number of carbonyl (C=O) groups is 3. The van der Waals surface area contributed by atoms with Crippen molar-refractivity contribution in [1.82, 2.24) is 5.32 Å². The van der Waals surface area contributed by atoms with Crippen LogP contribution < -0.4 is 20.1 Å². The van der Waals surface area contributed by atoms with Gasteiger partial charge in [-0.25, -0.2) is 0 Å². The molecule has 222 valence electrons. The van der Waals surface area contributed by atoms with Crippen LogP contribution in [-0.2, 0) is 14.4 Å². The summed E-state index contributed by atoms with van der Waals surface area (Å²) in [5, 5.41) is 6.47. The number of benzene rings is 2. The summed E-state index contributed by atoms with van der Waals surface area (Å²) in [7, 11) is 1.55. The van der Waals surface area contributed by atoms with E-state index in [2.05, 4.69) is 60.9 Å². The molecule has 3 aliphatic rings. The van der Waals surface area contributed by atoms with Crippen molar-refractivity contribution in [3.63, 3.8) is 0 Å². The molecule has 8 heteroatoms. The number of anilines is 1. The van der Waals surface area contributed by atoms with Gasteiger partial charge in [0.25, 0.3) is 5.91 Å². The highest BCUT2D eigenvalue weighted by molar-refractivity contribution is 14.1. The van der Waals surface area contributed by atoms with Crippen LogP contribution in [0.25, 0.3) is 0 Å². The Hall–Kier alpha value is -3.14. The number of halogens is 1. The first-order chi connectivity index (χ1) is 19.7. The standard InChI is InChI=1S/C34H39IN2O5/c1-18-8-9-22(19(2)10-18)37-28(40)17-42-32-21(35)11-20(12-27(32)41-7)29-30-23(13-33(3,4)15-25(30)38)36-24-14-34(5,6)16-26(39)31(24)29/h8-12,29,36H,13-17H2,1-7H3,(H,37,40). The van der Waals surface area contributed by atoms with E-state index in [4.69, 9.17) is 9.47 Å². The lowest BCUT2D eigenvalue weighted by Gasteiger charge is -2.44.